The van der Waals surface area contributed by atoms with Crippen LogP contribution >= 0.6 is 15.9 Å². The van der Waals surface area contributed by atoms with E-state index in [1.807, 2.05) is 0 Å². The van der Waals surface area contributed by atoms with E-state index < -0.39 is 5.60 Å². The molecule has 0 spiro atoms. The Bertz CT molecular complexity index is 768. The smallest absolute Gasteiger partial charge is 0.0728 e. The lowest BCUT2D eigenvalue weighted by Crippen LogP contribution is -2.44. The molecule has 2 N–H and O–H groups in total. The number of hydrogen-bond donors (Lipinski definition) is 2. The van der Waals surface area contributed by atoms with E-state index in [9.17, 15) is 5.11 Å². The van der Waals surface area contributed by atoms with Crippen LogP contribution < -0.4 is 5.32 Å². The molecule has 2 aliphatic rings. The molecule has 1 fully saturated rings. The fourth-order valence-electron chi connectivity index (χ4n) is 5.08. The number of rotatable bonds is 5. The van der Waals surface area contributed by atoms with Crippen LogP contribution in [0.2, 0.25) is 0 Å². The summed E-state index contributed by atoms with van der Waals surface area (Å²) in [5, 5.41) is 15.4. The van der Waals surface area contributed by atoms with Crippen LogP contribution in [0.1, 0.15) is 73.6 Å². The molecule has 2 unspecified atom stereocenters. The van der Waals surface area contributed by atoms with Crippen LogP contribution in [0.25, 0.3) is 0 Å². The predicted octanol–water partition coefficient (Wildman–Crippen LogP) is 5.90. The lowest BCUT2D eigenvalue weighted by molar-refractivity contribution is -0.0222. The molecule has 3 heteroatoms. The van der Waals surface area contributed by atoms with Gasteiger partial charge in [0.1, 0.15) is 0 Å². The van der Waals surface area contributed by atoms with Crippen LogP contribution in [0.3, 0.4) is 0 Å². The Kier molecular flexibility index (Phi) is 6.01. The number of halogens is 1. The summed E-state index contributed by atoms with van der Waals surface area (Å²) >= 11 is 3.62. The van der Waals surface area contributed by atoms with Gasteiger partial charge in [0.15, 0.2) is 0 Å². The molecule has 2 nitrogen and oxygen atoms in total. The van der Waals surface area contributed by atoms with Crippen LogP contribution in [0.15, 0.2) is 53.0 Å². The molecule has 144 valence electrons. The minimum atomic E-state index is -0.597. The Morgan fingerprint density at radius 2 is 1.85 bits per heavy atom. The molecule has 2 aliphatic carbocycles. The van der Waals surface area contributed by atoms with E-state index >= 15 is 0 Å². The maximum atomic E-state index is 11.5. The van der Waals surface area contributed by atoms with Gasteiger partial charge in [0.2, 0.25) is 0 Å². The Morgan fingerprint density at radius 3 is 2.67 bits per heavy atom. The average molecular weight is 428 g/mol. The molecule has 2 atom stereocenters. The number of benzene rings is 2. The molecular weight excluding hydrogens is 398 g/mol. The monoisotopic (exact) mass is 427 g/mol. The third-order valence-corrected chi connectivity index (χ3v) is 7.05. The number of nitrogens with one attached hydrogen (secondary N) is 1. The minimum Gasteiger partial charge on any atom is -0.389 e. The van der Waals surface area contributed by atoms with Gasteiger partial charge in [-0.2, -0.15) is 0 Å². The minimum absolute atomic E-state index is 0.129. The predicted molar refractivity (Wildman–Crippen MR) is 115 cm³/mol. The number of fused-ring (bicyclic) bond motifs is 1. The highest BCUT2D eigenvalue weighted by atomic mass is 79.9. The first-order valence-electron chi connectivity index (χ1n) is 10.4. The molecule has 2 aromatic rings. The zero-order chi connectivity index (χ0) is 18.7. The largest absolute Gasteiger partial charge is 0.389 e. The summed E-state index contributed by atoms with van der Waals surface area (Å²) in [6.45, 7) is 0.825. The van der Waals surface area contributed by atoms with Gasteiger partial charge >= 0.3 is 0 Å². The van der Waals surface area contributed by atoms with Gasteiger partial charge in [0, 0.05) is 23.0 Å². The zero-order valence-electron chi connectivity index (χ0n) is 16.0. The standard InChI is InChI=1S/C24H30BrNO/c25-20-11-6-10-19(16-20)22(24(27)14-4-1-5-15-24)17-26-23-13-7-9-18-8-2-3-12-21(18)23/h2-3,6,8,10-12,16,22-23,26-27H,1,4-5,7,9,13-15,17H2. The Labute approximate surface area is 171 Å². The molecule has 0 saturated heterocycles. The van der Waals surface area contributed by atoms with Crippen LogP contribution in [0.4, 0.5) is 0 Å². The lowest BCUT2D eigenvalue weighted by atomic mass is 9.72. The van der Waals surface area contributed by atoms with E-state index in [0.717, 1.165) is 36.7 Å². The van der Waals surface area contributed by atoms with Crippen molar-refractivity contribution < 1.29 is 5.11 Å². The summed E-state index contributed by atoms with van der Waals surface area (Å²) in [5.74, 6) is 0.129. The van der Waals surface area contributed by atoms with Crippen LogP contribution in [0, 0.1) is 0 Å². The van der Waals surface area contributed by atoms with Crippen molar-refractivity contribution in [1.82, 2.24) is 5.32 Å². The van der Waals surface area contributed by atoms with Gasteiger partial charge < -0.3 is 10.4 Å². The summed E-state index contributed by atoms with van der Waals surface area (Å²) in [5.41, 5.74) is 3.58. The number of aliphatic hydroxyl groups is 1. The highest BCUT2D eigenvalue weighted by Gasteiger charge is 2.39. The third kappa shape index (κ3) is 4.31. The average Bonchev–Trinajstić information content (AvgIpc) is 2.69. The van der Waals surface area contributed by atoms with E-state index in [1.165, 1.54) is 42.4 Å². The second kappa shape index (κ2) is 8.46. The Morgan fingerprint density at radius 1 is 1.04 bits per heavy atom. The first-order chi connectivity index (χ1) is 13.2. The Balaban J connectivity index is 1.57. The van der Waals surface area contributed by atoms with Crippen LogP contribution in [0.5, 0.6) is 0 Å². The maximum absolute atomic E-state index is 11.5. The van der Waals surface area contributed by atoms with Crippen molar-refractivity contribution in [3.8, 4) is 0 Å². The zero-order valence-corrected chi connectivity index (χ0v) is 17.5. The van der Waals surface area contributed by atoms with Crippen molar-refractivity contribution in [1.29, 1.82) is 0 Å². The highest BCUT2D eigenvalue weighted by Crippen LogP contribution is 2.41. The van der Waals surface area contributed by atoms with Gasteiger partial charge in [-0.3, -0.25) is 0 Å². The van der Waals surface area contributed by atoms with Gasteiger partial charge in [0.25, 0.3) is 0 Å². The fourth-order valence-corrected chi connectivity index (χ4v) is 5.50. The topological polar surface area (TPSA) is 32.3 Å². The van der Waals surface area contributed by atoms with E-state index in [-0.39, 0.29) is 5.92 Å². The lowest BCUT2D eigenvalue weighted by Gasteiger charge is -2.41. The molecule has 0 radical (unpaired) electrons. The number of hydrogen-bond acceptors (Lipinski definition) is 2. The first-order valence-corrected chi connectivity index (χ1v) is 11.2. The molecule has 0 heterocycles. The molecule has 27 heavy (non-hydrogen) atoms. The van der Waals surface area contributed by atoms with E-state index in [0.29, 0.717) is 6.04 Å². The molecule has 0 aromatic heterocycles. The van der Waals surface area contributed by atoms with Gasteiger partial charge in [-0.25, -0.2) is 0 Å². The van der Waals surface area contributed by atoms with Crippen molar-refractivity contribution in [2.45, 2.75) is 68.9 Å². The van der Waals surface area contributed by atoms with Crippen molar-refractivity contribution >= 4 is 15.9 Å². The second-order valence-electron chi connectivity index (χ2n) is 8.32. The van der Waals surface area contributed by atoms with Crippen molar-refractivity contribution in [2.24, 2.45) is 0 Å². The molecule has 0 aliphatic heterocycles. The summed E-state index contributed by atoms with van der Waals surface area (Å²) < 4.78 is 1.09. The molecule has 0 bridgehead atoms. The van der Waals surface area contributed by atoms with E-state index in [1.54, 1.807) is 0 Å². The van der Waals surface area contributed by atoms with Crippen molar-refractivity contribution in [3.63, 3.8) is 0 Å². The highest BCUT2D eigenvalue weighted by molar-refractivity contribution is 9.10. The fraction of sp³-hybridized carbons (Fsp3) is 0.500. The summed E-state index contributed by atoms with van der Waals surface area (Å²) in [6, 6.07) is 17.8. The third-order valence-electron chi connectivity index (χ3n) is 6.56. The second-order valence-corrected chi connectivity index (χ2v) is 9.24. The van der Waals surface area contributed by atoms with Gasteiger partial charge in [-0.1, -0.05) is 71.6 Å². The normalized spacial score (nSPS) is 22.8. The SMILES string of the molecule is OC1(C(CNC2CCCc3ccccc32)c2cccc(Br)c2)CCCCC1. The van der Waals surface area contributed by atoms with Gasteiger partial charge in [0.05, 0.1) is 5.60 Å². The molecule has 4 rings (SSSR count). The molecule has 0 amide bonds. The van der Waals surface area contributed by atoms with Crippen LogP contribution in [-0.4, -0.2) is 17.3 Å². The van der Waals surface area contributed by atoms with Crippen molar-refractivity contribution in [3.05, 3.63) is 69.7 Å². The molecular formula is C24H30BrNO. The molecule has 1 saturated carbocycles. The molecule has 2 aromatic carbocycles. The summed E-state index contributed by atoms with van der Waals surface area (Å²) in [6.07, 6.45) is 8.94. The summed E-state index contributed by atoms with van der Waals surface area (Å²) in [4.78, 5) is 0. The van der Waals surface area contributed by atoms with Gasteiger partial charge in [-0.05, 0) is 60.9 Å². The van der Waals surface area contributed by atoms with Gasteiger partial charge in [-0.15, -0.1) is 0 Å². The summed E-state index contributed by atoms with van der Waals surface area (Å²) in [7, 11) is 0. The number of aryl methyl sites for hydroxylation is 1. The quantitative estimate of drug-likeness (QED) is 0.622. The van der Waals surface area contributed by atoms with Crippen LogP contribution in [-0.2, 0) is 6.42 Å². The van der Waals surface area contributed by atoms with E-state index in [2.05, 4.69) is 69.8 Å². The maximum Gasteiger partial charge on any atom is 0.0728 e. The first kappa shape index (κ1) is 19.2. The van der Waals surface area contributed by atoms with Crippen molar-refractivity contribution in [2.75, 3.05) is 6.54 Å². The Hall–Kier alpha value is -1.16. The van der Waals surface area contributed by atoms with E-state index in [4.69, 9.17) is 0 Å².